The highest BCUT2D eigenvalue weighted by atomic mass is 35.5. The van der Waals surface area contributed by atoms with Crippen molar-refractivity contribution in [2.45, 2.75) is 43.5 Å². The lowest BCUT2D eigenvalue weighted by molar-refractivity contribution is -0.143. The standard InChI is InChI=1S/C21H21ClN2O3S/c1-4-27-16(25)11-24-17-12(5-7-14(22)19(17)28-3)18(26)13-6-8-15(23-20(13)24)21(2)9-10-21/h5-8H,4,9-11H2,1-3H3. The van der Waals surface area contributed by atoms with Crippen molar-refractivity contribution in [1.29, 1.82) is 0 Å². The van der Waals surface area contributed by atoms with Gasteiger partial charge in [-0.05, 0) is 50.3 Å². The summed E-state index contributed by atoms with van der Waals surface area (Å²) in [5, 5.41) is 1.57. The molecule has 0 atom stereocenters. The first kappa shape index (κ1) is 19.3. The predicted octanol–water partition coefficient (Wildman–Crippen LogP) is 4.54. The highest BCUT2D eigenvalue weighted by Crippen LogP contribution is 2.47. The van der Waals surface area contributed by atoms with Gasteiger partial charge in [0.25, 0.3) is 0 Å². The van der Waals surface area contributed by atoms with Crippen LogP contribution in [0.25, 0.3) is 21.9 Å². The number of rotatable bonds is 5. The quantitative estimate of drug-likeness (QED) is 0.347. The minimum atomic E-state index is -0.370. The number of thioether (sulfide) groups is 1. The second-order valence-corrected chi connectivity index (χ2v) is 8.55. The van der Waals surface area contributed by atoms with E-state index in [1.54, 1.807) is 23.6 Å². The number of halogens is 1. The molecule has 0 N–H and O–H groups in total. The monoisotopic (exact) mass is 416 g/mol. The zero-order valence-corrected chi connectivity index (χ0v) is 17.6. The Balaban J connectivity index is 2.11. The summed E-state index contributed by atoms with van der Waals surface area (Å²) in [6, 6.07) is 7.21. The van der Waals surface area contributed by atoms with E-state index >= 15 is 0 Å². The zero-order chi connectivity index (χ0) is 20.1. The van der Waals surface area contributed by atoms with Crippen molar-refractivity contribution < 1.29 is 9.53 Å². The van der Waals surface area contributed by atoms with E-state index in [0.29, 0.717) is 33.6 Å². The number of fused-ring (bicyclic) bond motifs is 2. The summed E-state index contributed by atoms with van der Waals surface area (Å²) in [4.78, 5) is 31.2. The third kappa shape index (κ3) is 3.08. The van der Waals surface area contributed by atoms with Crippen molar-refractivity contribution in [3.63, 3.8) is 0 Å². The molecule has 0 radical (unpaired) electrons. The van der Waals surface area contributed by atoms with E-state index in [-0.39, 0.29) is 23.4 Å². The molecule has 7 heteroatoms. The molecular weight excluding hydrogens is 396 g/mol. The molecule has 1 aromatic carbocycles. The number of hydrogen-bond acceptors (Lipinski definition) is 5. The molecular formula is C21H21ClN2O3S. The van der Waals surface area contributed by atoms with Gasteiger partial charge in [-0.2, -0.15) is 0 Å². The number of aromatic nitrogens is 2. The Labute approximate surface area is 172 Å². The number of carbonyl (C=O) groups excluding carboxylic acids is 1. The van der Waals surface area contributed by atoms with Crippen LogP contribution in [0.4, 0.5) is 0 Å². The van der Waals surface area contributed by atoms with Gasteiger partial charge in [-0.15, -0.1) is 11.8 Å². The Hall–Kier alpha value is -2.05. The maximum absolute atomic E-state index is 13.2. The van der Waals surface area contributed by atoms with Crippen LogP contribution in [0.1, 0.15) is 32.4 Å². The van der Waals surface area contributed by atoms with Crippen molar-refractivity contribution in [3.8, 4) is 0 Å². The first-order valence-corrected chi connectivity index (χ1v) is 10.9. The van der Waals surface area contributed by atoms with Crippen LogP contribution in [0.3, 0.4) is 0 Å². The highest BCUT2D eigenvalue weighted by molar-refractivity contribution is 7.99. The van der Waals surface area contributed by atoms with Gasteiger partial charge in [0.05, 0.1) is 27.4 Å². The van der Waals surface area contributed by atoms with Crippen molar-refractivity contribution in [3.05, 3.63) is 45.2 Å². The van der Waals surface area contributed by atoms with Gasteiger partial charge in [-0.25, -0.2) is 4.98 Å². The predicted molar refractivity (Wildman–Crippen MR) is 114 cm³/mol. The molecule has 2 aromatic heterocycles. The Morgan fingerprint density at radius 2 is 2.00 bits per heavy atom. The molecule has 0 aliphatic heterocycles. The fourth-order valence-corrected chi connectivity index (χ4v) is 4.60. The molecule has 5 nitrogen and oxygen atoms in total. The molecule has 1 aliphatic carbocycles. The van der Waals surface area contributed by atoms with Crippen LogP contribution in [0.5, 0.6) is 0 Å². The second-order valence-electron chi connectivity index (χ2n) is 7.33. The maximum atomic E-state index is 13.2. The molecule has 3 aromatic rings. The number of ether oxygens (including phenoxy) is 1. The molecule has 1 saturated carbocycles. The largest absolute Gasteiger partial charge is 0.465 e. The second kappa shape index (κ2) is 7.08. The number of hydrogen-bond donors (Lipinski definition) is 0. The smallest absolute Gasteiger partial charge is 0.326 e. The van der Waals surface area contributed by atoms with E-state index in [4.69, 9.17) is 21.3 Å². The average molecular weight is 417 g/mol. The molecule has 2 heterocycles. The van der Waals surface area contributed by atoms with E-state index in [9.17, 15) is 9.59 Å². The van der Waals surface area contributed by atoms with Crippen LogP contribution in [-0.4, -0.2) is 28.4 Å². The summed E-state index contributed by atoms with van der Waals surface area (Å²) in [5.74, 6) is -0.370. The summed E-state index contributed by atoms with van der Waals surface area (Å²) in [6.45, 7) is 4.21. The highest BCUT2D eigenvalue weighted by Gasteiger charge is 2.40. The van der Waals surface area contributed by atoms with Crippen LogP contribution >= 0.6 is 23.4 Å². The van der Waals surface area contributed by atoms with Crippen LogP contribution in [0.2, 0.25) is 5.02 Å². The fraction of sp³-hybridized carbons (Fsp3) is 0.381. The molecule has 1 aliphatic rings. The molecule has 28 heavy (non-hydrogen) atoms. The lowest BCUT2D eigenvalue weighted by Crippen LogP contribution is -2.20. The molecule has 0 amide bonds. The van der Waals surface area contributed by atoms with E-state index in [0.717, 1.165) is 23.4 Å². The summed E-state index contributed by atoms with van der Waals surface area (Å²) in [5.41, 5.74) is 2.04. The first-order valence-electron chi connectivity index (χ1n) is 9.25. The van der Waals surface area contributed by atoms with E-state index < -0.39 is 0 Å². The molecule has 146 valence electrons. The molecule has 1 fully saturated rings. The third-order valence-corrected chi connectivity index (χ3v) is 6.64. The van der Waals surface area contributed by atoms with Crippen molar-refractivity contribution in [2.75, 3.05) is 12.9 Å². The van der Waals surface area contributed by atoms with Gasteiger partial charge < -0.3 is 9.30 Å². The Bertz CT molecular complexity index is 1170. The molecule has 0 bridgehead atoms. The van der Waals surface area contributed by atoms with Crippen LogP contribution < -0.4 is 5.43 Å². The summed E-state index contributed by atoms with van der Waals surface area (Å²) >= 11 is 7.86. The Kier molecular flexibility index (Phi) is 4.88. The zero-order valence-electron chi connectivity index (χ0n) is 16.0. The topological polar surface area (TPSA) is 61.2 Å². The number of nitrogens with zero attached hydrogens (tertiary/aromatic N) is 2. The minimum Gasteiger partial charge on any atom is -0.465 e. The maximum Gasteiger partial charge on any atom is 0.326 e. The SMILES string of the molecule is CCOC(=O)Cn1c2nc(C3(C)CC3)ccc2c(=O)c2ccc(Cl)c(SC)c21. The summed E-state index contributed by atoms with van der Waals surface area (Å²) in [6.07, 6.45) is 4.05. The molecule has 4 rings (SSSR count). The van der Waals surface area contributed by atoms with E-state index in [1.165, 1.54) is 11.8 Å². The van der Waals surface area contributed by atoms with Gasteiger partial charge in [0.15, 0.2) is 5.43 Å². The average Bonchev–Trinajstić information content (AvgIpc) is 3.43. The molecule has 0 saturated heterocycles. The van der Waals surface area contributed by atoms with Gasteiger partial charge in [0.2, 0.25) is 0 Å². The first-order chi connectivity index (χ1) is 13.4. The number of benzene rings is 1. The van der Waals surface area contributed by atoms with Gasteiger partial charge in [0.1, 0.15) is 12.2 Å². The number of pyridine rings is 2. The third-order valence-electron chi connectivity index (χ3n) is 5.39. The Morgan fingerprint density at radius 3 is 2.64 bits per heavy atom. The van der Waals surface area contributed by atoms with Gasteiger partial charge in [-0.3, -0.25) is 9.59 Å². The Morgan fingerprint density at radius 1 is 1.29 bits per heavy atom. The van der Waals surface area contributed by atoms with E-state index in [2.05, 4.69) is 6.92 Å². The minimum absolute atomic E-state index is 0.0256. The van der Waals surface area contributed by atoms with Gasteiger partial charge >= 0.3 is 5.97 Å². The van der Waals surface area contributed by atoms with Crippen molar-refractivity contribution in [1.82, 2.24) is 9.55 Å². The lowest BCUT2D eigenvalue weighted by Gasteiger charge is -2.18. The number of esters is 1. The number of carbonyl (C=O) groups is 1. The van der Waals surface area contributed by atoms with Crippen molar-refractivity contribution in [2.24, 2.45) is 0 Å². The van der Waals surface area contributed by atoms with Crippen LogP contribution in [-0.2, 0) is 21.5 Å². The molecule has 0 spiro atoms. The summed E-state index contributed by atoms with van der Waals surface area (Å²) in [7, 11) is 0. The lowest BCUT2D eigenvalue weighted by atomic mass is 10.0. The fourth-order valence-electron chi connectivity index (χ4n) is 3.54. The normalized spacial score (nSPS) is 15.1. The van der Waals surface area contributed by atoms with Gasteiger partial charge in [0, 0.05) is 16.5 Å². The van der Waals surface area contributed by atoms with E-state index in [1.807, 2.05) is 18.4 Å². The van der Waals surface area contributed by atoms with Crippen LogP contribution in [0, 0.1) is 0 Å². The van der Waals surface area contributed by atoms with Crippen LogP contribution in [0.15, 0.2) is 34.0 Å². The van der Waals surface area contributed by atoms with Gasteiger partial charge in [-0.1, -0.05) is 18.5 Å². The summed E-state index contributed by atoms with van der Waals surface area (Å²) < 4.78 is 6.97. The molecule has 0 unspecified atom stereocenters. The van der Waals surface area contributed by atoms with Crippen molar-refractivity contribution >= 4 is 51.3 Å².